The van der Waals surface area contributed by atoms with Crippen LogP contribution in [0, 0.1) is 0 Å². The van der Waals surface area contributed by atoms with Gasteiger partial charge in [-0.1, -0.05) is 19.1 Å². The third-order valence-corrected chi connectivity index (χ3v) is 4.50. The van der Waals surface area contributed by atoms with Crippen LogP contribution < -0.4 is 10.6 Å². The summed E-state index contributed by atoms with van der Waals surface area (Å²) in [5.41, 5.74) is 8.66. The molecule has 1 aromatic rings. The zero-order valence-corrected chi connectivity index (χ0v) is 11.9. The molecule has 3 nitrogen and oxygen atoms in total. The lowest BCUT2D eigenvalue weighted by Gasteiger charge is -2.36. The van der Waals surface area contributed by atoms with Crippen LogP contribution in [0.5, 0.6) is 0 Å². The quantitative estimate of drug-likeness (QED) is 0.901. The summed E-state index contributed by atoms with van der Waals surface area (Å²) < 4.78 is 0. The number of nitrogens with two attached hydrogens (primary N) is 1. The second-order valence-corrected chi connectivity index (χ2v) is 5.86. The molecule has 1 heterocycles. The number of rotatable bonds is 4. The highest BCUT2D eigenvalue weighted by Crippen LogP contribution is 2.28. The molecule has 1 atom stereocenters. The van der Waals surface area contributed by atoms with Gasteiger partial charge in [-0.2, -0.15) is 0 Å². The molecule has 2 aliphatic rings. The summed E-state index contributed by atoms with van der Waals surface area (Å²) in [5, 5.41) is 0. The molecule has 3 rings (SSSR count). The molecule has 0 amide bonds. The van der Waals surface area contributed by atoms with Crippen molar-refractivity contribution >= 4 is 5.69 Å². The van der Waals surface area contributed by atoms with E-state index in [0.29, 0.717) is 0 Å². The van der Waals surface area contributed by atoms with Crippen LogP contribution in [0.25, 0.3) is 0 Å². The Bertz CT molecular complexity index is 403. The van der Waals surface area contributed by atoms with Gasteiger partial charge in [0.25, 0.3) is 0 Å². The molecule has 0 bridgehead atoms. The van der Waals surface area contributed by atoms with Crippen molar-refractivity contribution in [3.05, 3.63) is 29.8 Å². The van der Waals surface area contributed by atoms with Crippen LogP contribution in [0.4, 0.5) is 5.69 Å². The van der Waals surface area contributed by atoms with Crippen molar-refractivity contribution < 1.29 is 0 Å². The minimum absolute atomic E-state index is 0.181. The summed E-state index contributed by atoms with van der Waals surface area (Å²) in [6.07, 6.45) is 3.84. The van der Waals surface area contributed by atoms with E-state index in [1.54, 1.807) is 0 Å². The Morgan fingerprint density at radius 1 is 1.11 bits per heavy atom. The van der Waals surface area contributed by atoms with Gasteiger partial charge in [-0.05, 0) is 37.0 Å². The largest absolute Gasteiger partial charge is 0.369 e. The monoisotopic (exact) mass is 259 g/mol. The molecule has 0 spiro atoms. The van der Waals surface area contributed by atoms with Crippen molar-refractivity contribution in [2.75, 3.05) is 31.1 Å². The number of nitrogens with zero attached hydrogens (tertiary/aromatic N) is 2. The standard InChI is InChI=1S/C16H25N3/c1-2-16(17)13-3-5-14(6-4-13)18-9-11-19(12-10-18)15-7-8-15/h3-6,15-16H,2,7-12,17H2,1H3/t16-/m1/s1. The summed E-state index contributed by atoms with van der Waals surface area (Å²) in [6, 6.07) is 9.94. The van der Waals surface area contributed by atoms with Gasteiger partial charge in [-0.3, -0.25) is 4.90 Å². The SMILES string of the molecule is CC[C@@H](N)c1ccc(N2CCN(C3CC3)CC2)cc1. The van der Waals surface area contributed by atoms with E-state index in [0.717, 1.165) is 25.6 Å². The van der Waals surface area contributed by atoms with Gasteiger partial charge in [-0.25, -0.2) is 0 Å². The maximum absolute atomic E-state index is 6.06. The fourth-order valence-electron chi connectivity index (χ4n) is 2.95. The van der Waals surface area contributed by atoms with Crippen molar-refractivity contribution in [1.29, 1.82) is 0 Å². The Hall–Kier alpha value is -1.06. The van der Waals surface area contributed by atoms with Gasteiger partial charge in [-0.15, -0.1) is 0 Å². The van der Waals surface area contributed by atoms with E-state index in [1.165, 1.54) is 37.2 Å². The Balaban J connectivity index is 1.60. The summed E-state index contributed by atoms with van der Waals surface area (Å²) in [7, 11) is 0. The average molecular weight is 259 g/mol. The molecule has 0 unspecified atom stereocenters. The second kappa shape index (κ2) is 5.51. The number of hydrogen-bond donors (Lipinski definition) is 1. The van der Waals surface area contributed by atoms with Gasteiger partial charge < -0.3 is 10.6 Å². The van der Waals surface area contributed by atoms with Crippen LogP contribution in [-0.4, -0.2) is 37.1 Å². The predicted octanol–water partition coefficient (Wildman–Crippen LogP) is 2.38. The summed E-state index contributed by atoms with van der Waals surface area (Å²) >= 11 is 0. The van der Waals surface area contributed by atoms with Crippen LogP contribution in [0.2, 0.25) is 0 Å². The first-order chi connectivity index (χ1) is 9.28. The molecule has 1 saturated heterocycles. The zero-order valence-electron chi connectivity index (χ0n) is 11.9. The van der Waals surface area contributed by atoms with Crippen LogP contribution in [-0.2, 0) is 0 Å². The number of benzene rings is 1. The Kier molecular flexibility index (Phi) is 3.76. The lowest BCUT2D eigenvalue weighted by atomic mass is 10.0. The molecule has 1 aliphatic carbocycles. The van der Waals surface area contributed by atoms with Crippen molar-refractivity contribution in [2.24, 2.45) is 5.73 Å². The first kappa shape index (κ1) is 12.9. The molecule has 2 fully saturated rings. The van der Waals surface area contributed by atoms with E-state index in [2.05, 4.69) is 41.0 Å². The number of hydrogen-bond acceptors (Lipinski definition) is 3. The topological polar surface area (TPSA) is 32.5 Å². The predicted molar refractivity (Wildman–Crippen MR) is 80.5 cm³/mol. The van der Waals surface area contributed by atoms with E-state index in [9.17, 15) is 0 Å². The molecule has 3 heteroatoms. The number of anilines is 1. The molecular formula is C16H25N3. The third-order valence-electron chi connectivity index (χ3n) is 4.50. The highest BCUT2D eigenvalue weighted by molar-refractivity contribution is 5.48. The molecule has 2 N–H and O–H groups in total. The van der Waals surface area contributed by atoms with E-state index in [1.807, 2.05) is 0 Å². The fraction of sp³-hybridized carbons (Fsp3) is 0.625. The average Bonchev–Trinajstić information content (AvgIpc) is 3.31. The number of piperazine rings is 1. The summed E-state index contributed by atoms with van der Waals surface area (Å²) in [4.78, 5) is 5.15. The Morgan fingerprint density at radius 2 is 1.74 bits per heavy atom. The van der Waals surface area contributed by atoms with E-state index < -0.39 is 0 Å². The highest BCUT2D eigenvalue weighted by Gasteiger charge is 2.31. The van der Waals surface area contributed by atoms with Crippen LogP contribution in [0.15, 0.2) is 24.3 Å². The van der Waals surface area contributed by atoms with Gasteiger partial charge in [0, 0.05) is 44.0 Å². The van der Waals surface area contributed by atoms with Crippen molar-refractivity contribution in [2.45, 2.75) is 38.3 Å². The fourth-order valence-corrected chi connectivity index (χ4v) is 2.95. The normalized spacial score (nSPS) is 22.5. The van der Waals surface area contributed by atoms with Gasteiger partial charge in [0.15, 0.2) is 0 Å². The first-order valence-corrected chi connectivity index (χ1v) is 7.62. The first-order valence-electron chi connectivity index (χ1n) is 7.62. The third kappa shape index (κ3) is 2.93. The van der Waals surface area contributed by atoms with Crippen LogP contribution >= 0.6 is 0 Å². The van der Waals surface area contributed by atoms with Crippen molar-refractivity contribution in [1.82, 2.24) is 4.90 Å². The molecule has 0 aromatic heterocycles. The van der Waals surface area contributed by atoms with Crippen LogP contribution in [0.1, 0.15) is 37.8 Å². The van der Waals surface area contributed by atoms with Crippen molar-refractivity contribution in [3.63, 3.8) is 0 Å². The molecule has 1 aliphatic heterocycles. The Labute approximate surface area is 116 Å². The van der Waals surface area contributed by atoms with Crippen molar-refractivity contribution in [3.8, 4) is 0 Å². The van der Waals surface area contributed by atoms with Gasteiger partial charge >= 0.3 is 0 Å². The zero-order chi connectivity index (χ0) is 13.2. The van der Waals surface area contributed by atoms with Gasteiger partial charge in [0.1, 0.15) is 0 Å². The van der Waals surface area contributed by atoms with Gasteiger partial charge in [0.05, 0.1) is 0 Å². The van der Waals surface area contributed by atoms with E-state index >= 15 is 0 Å². The summed E-state index contributed by atoms with van der Waals surface area (Å²) in [6.45, 7) is 6.91. The minimum atomic E-state index is 0.181. The van der Waals surface area contributed by atoms with E-state index in [4.69, 9.17) is 5.73 Å². The molecule has 1 saturated carbocycles. The molecule has 1 aromatic carbocycles. The maximum Gasteiger partial charge on any atom is 0.0367 e. The molecule has 19 heavy (non-hydrogen) atoms. The summed E-state index contributed by atoms with van der Waals surface area (Å²) in [5.74, 6) is 0. The molecule has 0 radical (unpaired) electrons. The van der Waals surface area contributed by atoms with Gasteiger partial charge in [0.2, 0.25) is 0 Å². The minimum Gasteiger partial charge on any atom is -0.369 e. The Morgan fingerprint density at radius 3 is 2.26 bits per heavy atom. The lowest BCUT2D eigenvalue weighted by molar-refractivity contribution is 0.248. The second-order valence-electron chi connectivity index (χ2n) is 5.86. The molecular weight excluding hydrogens is 234 g/mol. The maximum atomic E-state index is 6.06. The highest BCUT2D eigenvalue weighted by atomic mass is 15.3. The molecule has 104 valence electrons. The van der Waals surface area contributed by atoms with Crippen LogP contribution in [0.3, 0.4) is 0 Å². The van der Waals surface area contributed by atoms with E-state index in [-0.39, 0.29) is 6.04 Å². The smallest absolute Gasteiger partial charge is 0.0367 e. The lowest BCUT2D eigenvalue weighted by Crippen LogP contribution is -2.47.